The largest absolute Gasteiger partial charge is 0.480 e. The number of halogens is 2. The van der Waals surface area contributed by atoms with Crippen LogP contribution in [-0.2, 0) is 4.79 Å². The molecule has 22 heavy (non-hydrogen) atoms. The number of nitrogens with one attached hydrogen (secondary N) is 1. The van der Waals surface area contributed by atoms with Gasteiger partial charge in [-0.2, -0.15) is 12.6 Å². The minimum Gasteiger partial charge on any atom is -0.480 e. The standard InChI is InChI=1S/C12H8F2.C4H9NO2S/c13-11-5-1-9(2-6-11)10-3-7-12(14)8-4-10;1-5-3(2-8)4(6)7/h1-8H;3,5,8H,2H2,1H3,(H,6,7)/t;3-/m.1/s1. The number of hydrogen-bond donors (Lipinski definition) is 3. The molecule has 0 saturated heterocycles. The van der Waals surface area contributed by atoms with Crippen molar-refractivity contribution in [2.24, 2.45) is 0 Å². The Hall–Kier alpha value is -1.92. The third kappa shape index (κ3) is 5.83. The Morgan fingerprint density at radius 2 is 1.41 bits per heavy atom. The summed E-state index contributed by atoms with van der Waals surface area (Å²) in [6.07, 6.45) is 0. The van der Waals surface area contributed by atoms with E-state index in [-0.39, 0.29) is 11.6 Å². The van der Waals surface area contributed by atoms with E-state index in [2.05, 4.69) is 17.9 Å². The average Bonchev–Trinajstić information content (AvgIpc) is 2.50. The lowest BCUT2D eigenvalue weighted by molar-refractivity contribution is -0.138. The number of likely N-dealkylation sites (N-methyl/N-ethyl adjacent to an activating group) is 1. The molecule has 0 saturated carbocycles. The zero-order valence-electron chi connectivity index (χ0n) is 12.0. The molecule has 2 rings (SSSR count). The fourth-order valence-electron chi connectivity index (χ4n) is 1.58. The lowest BCUT2D eigenvalue weighted by Crippen LogP contribution is -2.35. The van der Waals surface area contributed by atoms with Gasteiger partial charge in [0.15, 0.2) is 0 Å². The van der Waals surface area contributed by atoms with E-state index in [1.807, 2.05) is 0 Å². The second kappa shape index (κ2) is 9.17. The summed E-state index contributed by atoms with van der Waals surface area (Å²) in [7, 11) is 1.59. The van der Waals surface area contributed by atoms with Gasteiger partial charge in [-0.05, 0) is 42.4 Å². The van der Waals surface area contributed by atoms with Crippen molar-refractivity contribution in [2.75, 3.05) is 12.8 Å². The number of carboxylic acid groups (broad SMARTS) is 1. The smallest absolute Gasteiger partial charge is 0.321 e. The van der Waals surface area contributed by atoms with Gasteiger partial charge in [-0.25, -0.2) is 8.78 Å². The molecular formula is C16H17F2NO2S. The molecule has 2 aromatic rings. The minimum atomic E-state index is -0.859. The van der Waals surface area contributed by atoms with Crippen LogP contribution in [0.3, 0.4) is 0 Å². The zero-order valence-corrected chi connectivity index (χ0v) is 12.9. The minimum absolute atomic E-state index is 0.268. The highest BCUT2D eigenvalue weighted by molar-refractivity contribution is 7.80. The number of benzene rings is 2. The Kier molecular flexibility index (Phi) is 7.56. The van der Waals surface area contributed by atoms with Crippen LogP contribution >= 0.6 is 12.6 Å². The number of carbonyl (C=O) groups is 1. The number of thiol groups is 1. The van der Waals surface area contributed by atoms with E-state index in [4.69, 9.17) is 5.11 Å². The van der Waals surface area contributed by atoms with Crippen molar-refractivity contribution in [3.63, 3.8) is 0 Å². The van der Waals surface area contributed by atoms with Crippen LogP contribution in [0.25, 0.3) is 11.1 Å². The first-order valence-electron chi connectivity index (χ1n) is 6.50. The van der Waals surface area contributed by atoms with Gasteiger partial charge in [-0.15, -0.1) is 0 Å². The van der Waals surface area contributed by atoms with Gasteiger partial charge in [0.1, 0.15) is 17.7 Å². The molecule has 0 aliphatic rings. The molecule has 0 amide bonds. The van der Waals surface area contributed by atoms with Crippen LogP contribution in [0.5, 0.6) is 0 Å². The van der Waals surface area contributed by atoms with Crippen molar-refractivity contribution in [3.8, 4) is 11.1 Å². The predicted octanol–water partition coefficient (Wildman–Crippen LogP) is 3.22. The summed E-state index contributed by atoms with van der Waals surface area (Å²) >= 11 is 3.79. The number of carboxylic acids is 1. The third-order valence-corrected chi connectivity index (χ3v) is 3.22. The van der Waals surface area contributed by atoms with Gasteiger partial charge in [0.25, 0.3) is 0 Å². The van der Waals surface area contributed by atoms with Crippen molar-refractivity contribution in [1.82, 2.24) is 5.32 Å². The highest BCUT2D eigenvalue weighted by Crippen LogP contribution is 2.19. The second-order valence-corrected chi connectivity index (χ2v) is 4.74. The summed E-state index contributed by atoms with van der Waals surface area (Å²) in [5.41, 5.74) is 1.76. The highest BCUT2D eigenvalue weighted by Gasteiger charge is 2.10. The van der Waals surface area contributed by atoms with Gasteiger partial charge in [0.05, 0.1) is 0 Å². The van der Waals surface area contributed by atoms with E-state index in [0.29, 0.717) is 5.75 Å². The molecular weight excluding hydrogens is 308 g/mol. The van der Waals surface area contributed by atoms with E-state index in [0.717, 1.165) is 11.1 Å². The Morgan fingerprint density at radius 1 is 1.05 bits per heavy atom. The summed E-state index contributed by atoms with van der Waals surface area (Å²) in [6.45, 7) is 0. The molecule has 0 aliphatic heterocycles. The highest BCUT2D eigenvalue weighted by atomic mass is 32.1. The fraction of sp³-hybridized carbons (Fsp3) is 0.188. The van der Waals surface area contributed by atoms with Crippen molar-refractivity contribution in [2.45, 2.75) is 6.04 Å². The summed E-state index contributed by atoms with van der Waals surface area (Å²) in [5.74, 6) is -1.07. The Labute approximate surface area is 133 Å². The summed E-state index contributed by atoms with van der Waals surface area (Å²) in [6, 6.07) is 11.7. The lowest BCUT2D eigenvalue weighted by atomic mass is 10.1. The van der Waals surface area contributed by atoms with Gasteiger partial charge in [-0.1, -0.05) is 24.3 Å². The average molecular weight is 325 g/mol. The molecule has 3 nitrogen and oxygen atoms in total. The molecule has 0 unspecified atom stereocenters. The maximum absolute atomic E-state index is 12.6. The molecule has 2 aromatic carbocycles. The van der Waals surface area contributed by atoms with E-state index in [1.54, 1.807) is 31.3 Å². The van der Waals surface area contributed by atoms with Crippen molar-refractivity contribution in [1.29, 1.82) is 0 Å². The topological polar surface area (TPSA) is 49.3 Å². The molecule has 1 atom stereocenters. The second-order valence-electron chi connectivity index (χ2n) is 4.38. The van der Waals surface area contributed by atoms with Crippen LogP contribution in [0.4, 0.5) is 8.78 Å². The molecule has 0 spiro atoms. The summed E-state index contributed by atoms with van der Waals surface area (Å²) < 4.78 is 25.2. The maximum atomic E-state index is 12.6. The third-order valence-electron chi connectivity index (χ3n) is 2.85. The Morgan fingerprint density at radius 3 is 1.59 bits per heavy atom. The number of rotatable bonds is 4. The molecule has 0 aliphatic carbocycles. The van der Waals surface area contributed by atoms with Gasteiger partial charge < -0.3 is 10.4 Å². The molecule has 2 N–H and O–H groups in total. The lowest BCUT2D eigenvalue weighted by Gasteiger charge is -2.04. The first-order valence-corrected chi connectivity index (χ1v) is 7.13. The molecule has 0 heterocycles. The van der Waals surface area contributed by atoms with Gasteiger partial charge >= 0.3 is 5.97 Å². The van der Waals surface area contributed by atoms with Crippen LogP contribution in [0.15, 0.2) is 48.5 Å². The van der Waals surface area contributed by atoms with Crippen LogP contribution in [0.1, 0.15) is 0 Å². The first kappa shape index (κ1) is 18.1. The first-order chi connectivity index (χ1) is 10.5. The van der Waals surface area contributed by atoms with Gasteiger partial charge in [-0.3, -0.25) is 4.79 Å². The van der Waals surface area contributed by atoms with E-state index in [1.165, 1.54) is 24.3 Å². The monoisotopic (exact) mass is 325 g/mol. The molecule has 0 radical (unpaired) electrons. The molecule has 0 fully saturated rings. The van der Waals surface area contributed by atoms with Gasteiger partial charge in [0, 0.05) is 5.75 Å². The molecule has 0 aromatic heterocycles. The maximum Gasteiger partial charge on any atom is 0.321 e. The summed E-state index contributed by atoms with van der Waals surface area (Å²) in [4.78, 5) is 10.1. The fourth-order valence-corrected chi connectivity index (χ4v) is 1.92. The Balaban J connectivity index is 0.000000261. The predicted molar refractivity (Wildman–Crippen MR) is 86.1 cm³/mol. The normalized spacial score (nSPS) is 11.3. The van der Waals surface area contributed by atoms with Crippen LogP contribution in [0, 0.1) is 11.6 Å². The van der Waals surface area contributed by atoms with E-state index < -0.39 is 12.0 Å². The van der Waals surface area contributed by atoms with Crippen LogP contribution < -0.4 is 5.32 Å². The molecule has 118 valence electrons. The van der Waals surface area contributed by atoms with Crippen molar-refractivity contribution >= 4 is 18.6 Å². The Bertz CT molecular complexity index is 541. The van der Waals surface area contributed by atoms with E-state index in [9.17, 15) is 13.6 Å². The summed E-state index contributed by atoms with van der Waals surface area (Å²) in [5, 5.41) is 10.8. The molecule has 0 bridgehead atoms. The van der Waals surface area contributed by atoms with Crippen molar-refractivity contribution < 1.29 is 18.7 Å². The SMILES string of the molecule is CN[C@H](CS)C(=O)O.Fc1ccc(-c2ccc(F)cc2)cc1. The quantitative estimate of drug-likeness (QED) is 0.757. The van der Waals surface area contributed by atoms with Crippen molar-refractivity contribution in [3.05, 3.63) is 60.2 Å². The zero-order chi connectivity index (χ0) is 16.5. The number of aliphatic carboxylic acids is 1. The number of hydrogen-bond acceptors (Lipinski definition) is 3. The molecule has 6 heteroatoms. The van der Waals surface area contributed by atoms with Crippen LogP contribution in [0.2, 0.25) is 0 Å². The van der Waals surface area contributed by atoms with E-state index >= 15 is 0 Å². The van der Waals surface area contributed by atoms with Crippen LogP contribution in [-0.4, -0.2) is 29.9 Å². The van der Waals surface area contributed by atoms with Gasteiger partial charge in [0.2, 0.25) is 0 Å².